The molecule has 4 nitrogen and oxygen atoms in total. The fourth-order valence-electron chi connectivity index (χ4n) is 3.10. The number of fused-ring (bicyclic) bond motifs is 1. The average Bonchev–Trinajstić information content (AvgIpc) is 3.14. The Hall–Kier alpha value is -3.35. The van der Waals surface area contributed by atoms with E-state index in [2.05, 4.69) is 10.1 Å². The zero-order chi connectivity index (χ0) is 19.9. The molecule has 0 bridgehead atoms. The van der Waals surface area contributed by atoms with E-state index in [4.69, 9.17) is 4.74 Å². The molecule has 0 N–H and O–H groups in total. The summed E-state index contributed by atoms with van der Waals surface area (Å²) in [5, 5.41) is 4.76. The Labute approximate surface area is 159 Å². The fourth-order valence-corrected chi connectivity index (χ4v) is 3.10. The molecule has 142 valence electrons. The standard InChI is InChI=1S/C21H16F3N3O/c1-13-11-20(25-17-6-4-3-5-16(13)17)27-18(12-19(26-27)21(22,23)24)14-7-9-15(28-2)10-8-14/h3-12H,1-2H3. The number of halogens is 3. The number of benzene rings is 2. The zero-order valence-corrected chi connectivity index (χ0v) is 15.2. The molecular formula is C21H16F3N3O. The number of aryl methyl sites for hydroxylation is 1. The summed E-state index contributed by atoms with van der Waals surface area (Å²) in [6, 6.07) is 17.0. The van der Waals surface area contributed by atoms with Crippen LogP contribution in [0.3, 0.4) is 0 Å². The third-order valence-corrected chi connectivity index (χ3v) is 4.51. The van der Waals surface area contributed by atoms with Crippen molar-refractivity contribution in [3.8, 4) is 22.8 Å². The van der Waals surface area contributed by atoms with E-state index in [0.29, 0.717) is 28.3 Å². The van der Waals surface area contributed by atoms with Crippen LogP contribution in [0.15, 0.2) is 60.7 Å². The first-order chi connectivity index (χ1) is 13.4. The van der Waals surface area contributed by atoms with Gasteiger partial charge in [-0.15, -0.1) is 0 Å². The molecule has 0 aliphatic rings. The van der Waals surface area contributed by atoms with Gasteiger partial charge in [0.2, 0.25) is 0 Å². The Kier molecular flexibility index (Phi) is 4.30. The molecule has 7 heteroatoms. The maximum atomic E-state index is 13.3. The average molecular weight is 383 g/mol. The van der Waals surface area contributed by atoms with Crippen molar-refractivity contribution in [2.45, 2.75) is 13.1 Å². The first-order valence-corrected chi connectivity index (χ1v) is 8.55. The highest BCUT2D eigenvalue weighted by Gasteiger charge is 2.35. The van der Waals surface area contributed by atoms with Crippen molar-refractivity contribution in [2.75, 3.05) is 7.11 Å². The van der Waals surface area contributed by atoms with Crippen LogP contribution in [0.1, 0.15) is 11.3 Å². The lowest BCUT2D eigenvalue weighted by molar-refractivity contribution is -0.141. The molecule has 2 heterocycles. The first kappa shape index (κ1) is 18.0. The van der Waals surface area contributed by atoms with Crippen molar-refractivity contribution in [1.29, 1.82) is 0 Å². The number of hydrogen-bond donors (Lipinski definition) is 0. The quantitative estimate of drug-likeness (QED) is 0.474. The van der Waals surface area contributed by atoms with Gasteiger partial charge in [0.1, 0.15) is 5.75 Å². The van der Waals surface area contributed by atoms with Gasteiger partial charge in [0.05, 0.1) is 18.3 Å². The molecular weight excluding hydrogens is 367 g/mol. The Balaban J connectivity index is 1.93. The molecule has 2 aromatic heterocycles. The largest absolute Gasteiger partial charge is 0.497 e. The highest BCUT2D eigenvalue weighted by atomic mass is 19.4. The lowest BCUT2D eigenvalue weighted by Crippen LogP contribution is -2.08. The van der Waals surface area contributed by atoms with Crippen LogP contribution in [0.25, 0.3) is 28.0 Å². The van der Waals surface area contributed by atoms with Gasteiger partial charge in [0, 0.05) is 10.9 Å². The number of aromatic nitrogens is 3. The van der Waals surface area contributed by atoms with Crippen molar-refractivity contribution in [2.24, 2.45) is 0 Å². The number of pyridine rings is 1. The van der Waals surface area contributed by atoms with Gasteiger partial charge in [-0.25, -0.2) is 9.67 Å². The fraction of sp³-hybridized carbons (Fsp3) is 0.143. The minimum atomic E-state index is -4.56. The number of methoxy groups -OCH3 is 1. The summed E-state index contributed by atoms with van der Waals surface area (Å²) in [4.78, 5) is 4.53. The number of nitrogens with zero attached hydrogens (tertiary/aromatic N) is 3. The monoisotopic (exact) mass is 383 g/mol. The maximum absolute atomic E-state index is 13.3. The van der Waals surface area contributed by atoms with E-state index in [0.717, 1.165) is 17.0 Å². The van der Waals surface area contributed by atoms with Crippen LogP contribution in [0, 0.1) is 6.92 Å². The van der Waals surface area contributed by atoms with E-state index in [1.807, 2.05) is 31.2 Å². The molecule has 0 aliphatic heterocycles. The van der Waals surface area contributed by atoms with E-state index >= 15 is 0 Å². The van der Waals surface area contributed by atoms with Crippen LogP contribution < -0.4 is 4.74 Å². The van der Waals surface area contributed by atoms with E-state index in [1.54, 1.807) is 30.3 Å². The summed E-state index contributed by atoms with van der Waals surface area (Å²) < 4.78 is 46.4. The molecule has 0 atom stereocenters. The minimum absolute atomic E-state index is 0.303. The number of hydrogen-bond acceptors (Lipinski definition) is 3. The van der Waals surface area contributed by atoms with Crippen LogP contribution in [0.2, 0.25) is 0 Å². The zero-order valence-electron chi connectivity index (χ0n) is 15.2. The molecule has 0 saturated heterocycles. The second kappa shape index (κ2) is 6.67. The van der Waals surface area contributed by atoms with Gasteiger partial charge in [-0.1, -0.05) is 18.2 Å². The Bertz CT molecular complexity index is 1150. The molecule has 0 fully saturated rings. The predicted octanol–water partition coefficient (Wildman–Crippen LogP) is 5.42. The molecule has 4 rings (SSSR count). The van der Waals surface area contributed by atoms with Gasteiger partial charge < -0.3 is 4.74 Å². The van der Waals surface area contributed by atoms with Crippen LogP contribution in [-0.4, -0.2) is 21.9 Å². The second-order valence-corrected chi connectivity index (χ2v) is 6.37. The Morgan fingerprint density at radius 1 is 0.964 bits per heavy atom. The normalized spacial score (nSPS) is 11.8. The third kappa shape index (κ3) is 3.19. The first-order valence-electron chi connectivity index (χ1n) is 8.55. The highest BCUT2D eigenvalue weighted by molar-refractivity contribution is 5.83. The summed E-state index contributed by atoms with van der Waals surface area (Å²) in [5.41, 5.74) is 1.52. The van der Waals surface area contributed by atoms with Gasteiger partial charge in [-0.3, -0.25) is 0 Å². The van der Waals surface area contributed by atoms with Crippen LogP contribution in [-0.2, 0) is 6.18 Å². The molecule has 28 heavy (non-hydrogen) atoms. The molecule has 0 radical (unpaired) electrons. The lowest BCUT2D eigenvalue weighted by Gasteiger charge is -2.10. The number of alkyl halides is 3. The van der Waals surface area contributed by atoms with Crippen LogP contribution in [0.5, 0.6) is 5.75 Å². The Morgan fingerprint density at radius 3 is 2.36 bits per heavy atom. The summed E-state index contributed by atoms with van der Waals surface area (Å²) in [6.45, 7) is 1.90. The maximum Gasteiger partial charge on any atom is 0.435 e. The van der Waals surface area contributed by atoms with Gasteiger partial charge >= 0.3 is 6.18 Å². The third-order valence-electron chi connectivity index (χ3n) is 4.51. The highest BCUT2D eigenvalue weighted by Crippen LogP contribution is 2.34. The second-order valence-electron chi connectivity index (χ2n) is 6.37. The van der Waals surface area contributed by atoms with Crippen molar-refractivity contribution in [3.63, 3.8) is 0 Å². The molecule has 0 spiro atoms. The number of ether oxygens (including phenoxy) is 1. The minimum Gasteiger partial charge on any atom is -0.497 e. The molecule has 0 aliphatic carbocycles. The van der Waals surface area contributed by atoms with Crippen molar-refractivity contribution >= 4 is 10.9 Å². The van der Waals surface area contributed by atoms with Gasteiger partial charge in [0.25, 0.3) is 0 Å². The van der Waals surface area contributed by atoms with Gasteiger partial charge in [0.15, 0.2) is 11.5 Å². The number of rotatable bonds is 3. The molecule has 0 unspecified atom stereocenters. The summed E-state index contributed by atoms with van der Waals surface area (Å²) >= 11 is 0. The van der Waals surface area contributed by atoms with E-state index < -0.39 is 11.9 Å². The van der Waals surface area contributed by atoms with Crippen LogP contribution in [0.4, 0.5) is 13.2 Å². The van der Waals surface area contributed by atoms with Gasteiger partial charge in [-0.2, -0.15) is 18.3 Å². The van der Waals surface area contributed by atoms with Gasteiger partial charge in [-0.05, 0) is 55.0 Å². The van der Waals surface area contributed by atoms with Crippen molar-refractivity contribution in [1.82, 2.24) is 14.8 Å². The molecule has 4 aromatic rings. The van der Waals surface area contributed by atoms with E-state index in [1.165, 1.54) is 11.8 Å². The van der Waals surface area contributed by atoms with E-state index in [9.17, 15) is 13.2 Å². The summed E-state index contributed by atoms with van der Waals surface area (Å²) in [7, 11) is 1.53. The Morgan fingerprint density at radius 2 is 1.68 bits per heavy atom. The summed E-state index contributed by atoms with van der Waals surface area (Å²) in [6.07, 6.45) is -4.56. The van der Waals surface area contributed by atoms with E-state index in [-0.39, 0.29) is 0 Å². The molecule has 0 amide bonds. The SMILES string of the molecule is COc1ccc(-c2cc(C(F)(F)F)nn2-c2cc(C)c3ccccc3n2)cc1. The lowest BCUT2D eigenvalue weighted by atomic mass is 10.1. The smallest absolute Gasteiger partial charge is 0.435 e. The summed E-state index contributed by atoms with van der Waals surface area (Å²) in [5.74, 6) is 0.947. The molecule has 0 saturated carbocycles. The number of para-hydroxylation sites is 1. The topological polar surface area (TPSA) is 39.9 Å². The van der Waals surface area contributed by atoms with Crippen LogP contribution >= 0.6 is 0 Å². The molecule has 2 aromatic carbocycles. The van der Waals surface area contributed by atoms with Crippen molar-refractivity contribution < 1.29 is 17.9 Å². The predicted molar refractivity (Wildman–Crippen MR) is 101 cm³/mol. The van der Waals surface area contributed by atoms with Crippen molar-refractivity contribution in [3.05, 3.63) is 71.9 Å².